The molecule has 3 N–H and O–H groups in total. The molecule has 2 aromatic carbocycles. The first kappa shape index (κ1) is 17.0. The average Bonchev–Trinajstić information content (AvgIpc) is 3.41. The zero-order valence-corrected chi connectivity index (χ0v) is 14.6. The van der Waals surface area contributed by atoms with Crippen LogP contribution in [-0.4, -0.2) is 26.8 Å². The minimum atomic E-state index is -0.390. The lowest BCUT2D eigenvalue weighted by molar-refractivity contribution is -0.117. The van der Waals surface area contributed by atoms with E-state index in [9.17, 15) is 9.59 Å². The molecule has 1 saturated carbocycles. The maximum atomic E-state index is 12.8. The number of para-hydroxylation sites is 1. The molecule has 4 rings (SSSR count). The highest BCUT2D eigenvalue weighted by Crippen LogP contribution is 2.42. The number of primary amides is 1. The maximum absolute atomic E-state index is 12.8. The van der Waals surface area contributed by atoms with Crippen molar-refractivity contribution < 1.29 is 9.59 Å². The van der Waals surface area contributed by atoms with Crippen molar-refractivity contribution in [3.05, 3.63) is 71.5 Å². The lowest BCUT2D eigenvalue weighted by atomic mass is 10.1. The fraction of sp³-hybridized carbons (Fsp3) is 0.200. The van der Waals surface area contributed by atoms with E-state index in [1.165, 1.54) is 0 Å². The van der Waals surface area contributed by atoms with Crippen molar-refractivity contribution in [2.45, 2.75) is 25.2 Å². The van der Waals surface area contributed by atoms with E-state index in [0.29, 0.717) is 17.3 Å². The maximum Gasteiger partial charge on any atom is 0.278 e. The summed E-state index contributed by atoms with van der Waals surface area (Å²) < 4.78 is 1.75. The van der Waals surface area contributed by atoms with E-state index in [-0.39, 0.29) is 12.3 Å². The molecule has 1 fully saturated rings. The van der Waals surface area contributed by atoms with Gasteiger partial charge in [-0.3, -0.25) is 9.59 Å². The third kappa shape index (κ3) is 3.72. The number of carbonyl (C=O) groups excluding carboxylic acids is 2. The average molecular weight is 361 g/mol. The standard InChI is InChI=1S/C20H19N5O2/c21-17(26)12-13-6-10-15(11-7-13)22-20(27)18-19(14-8-9-14)25(24-23-18)16-4-2-1-3-5-16/h1-7,10-11,14H,8-9,12H2,(H2,21,26)(H,22,27). The Labute approximate surface area is 156 Å². The number of nitrogens with one attached hydrogen (secondary N) is 1. The molecule has 0 unspecified atom stereocenters. The Bertz CT molecular complexity index is 975. The minimum absolute atomic E-state index is 0.172. The van der Waals surface area contributed by atoms with E-state index in [4.69, 9.17) is 5.73 Å². The largest absolute Gasteiger partial charge is 0.369 e. The molecule has 0 bridgehead atoms. The van der Waals surface area contributed by atoms with Gasteiger partial charge in [0.1, 0.15) is 0 Å². The SMILES string of the molecule is NC(=O)Cc1ccc(NC(=O)c2nnn(-c3ccccc3)c2C2CC2)cc1. The molecule has 1 aliphatic carbocycles. The molecule has 0 saturated heterocycles. The molecule has 0 atom stereocenters. The second-order valence-corrected chi connectivity index (χ2v) is 6.64. The highest BCUT2D eigenvalue weighted by Gasteiger charge is 2.34. The van der Waals surface area contributed by atoms with Crippen molar-refractivity contribution in [2.24, 2.45) is 5.73 Å². The molecule has 136 valence electrons. The van der Waals surface area contributed by atoms with Crippen molar-refractivity contribution >= 4 is 17.5 Å². The van der Waals surface area contributed by atoms with Gasteiger partial charge in [0.2, 0.25) is 5.91 Å². The fourth-order valence-corrected chi connectivity index (χ4v) is 3.03. The van der Waals surface area contributed by atoms with Crippen molar-refractivity contribution in [3.63, 3.8) is 0 Å². The summed E-state index contributed by atoms with van der Waals surface area (Å²) >= 11 is 0. The van der Waals surface area contributed by atoms with Crippen molar-refractivity contribution in [1.82, 2.24) is 15.0 Å². The van der Waals surface area contributed by atoms with Crippen LogP contribution in [0.2, 0.25) is 0 Å². The summed E-state index contributed by atoms with van der Waals surface area (Å²) in [6.45, 7) is 0. The first-order valence-corrected chi connectivity index (χ1v) is 8.81. The van der Waals surface area contributed by atoms with Gasteiger partial charge in [-0.05, 0) is 42.7 Å². The van der Waals surface area contributed by atoms with Crippen LogP contribution >= 0.6 is 0 Å². The summed E-state index contributed by atoms with van der Waals surface area (Å²) in [4.78, 5) is 23.8. The van der Waals surface area contributed by atoms with Crippen LogP contribution in [0.5, 0.6) is 0 Å². The Morgan fingerprint density at radius 1 is 1.07 bits per heavy atom. The molecule has 27 heavy (non-hydrogen) atoms. The van der Waals surface area contributed by atoms with E-state index < -0.39 is 5.91 Å². The molecule has 2 amide bonds. The number of aromatic nitrogens is 3. The van der Waals surface area contributed by atoms with Gasteiger partial charge in [-0.25, -0.2) is 4.68 Å². The highest BCUT2D eigenvalue weighted by molar-refractivity contribution is 6.03. The zero-order valence-electron chi connectivity index (χ0n) is 14.6. The van der Waals surface area contributed by atoms with Crippen molar-refractivity contribution in [2.75, 3.05) is 5.32 Å². The lowest BCUT2D eigenvalue weighted by Crippen LogP contribution is -2.16. The van der Waals surface area contributed by atoms with Gasteiger partial charge < -0.3 is 11.1 Å². The number of anilines is 1. The van der Waals surface area contributed by atoms with Crippen LogP contribution in [0.25, 0.3) is 5.69 Å². The monoisotopic (exact) mass is 361 g/mol. The molecular weight excluding hydrogens is 342 g/mol. The van der Waals surface area contributed by atoms with E-state index in [1.54, 1.807) is 28.9 Å². The third-order valence-corrected chi connectivity index (χ3v) is 4.48. The van der Waals surface area contributed by atoms with Crippen LogP contribution in [-0.2, 0) is 11.2 Å². The smallest absolute Gasteiger partial charge is 0.278 e. The Balaban J connectivity index is 1.57. The van der Waals surface area contributed by atoms with E-state index in [2.05, 4.69) is 15.6 Å². The number of amides is 2. The van der Waals surface area contributed by atoms with Crippen LogP contribution in [0.15, 0.2) is 54.6 Å². The Kier molecular flexibility index (Phi) is 4.42. The van der Waals surface area contributed by atoms with Crippen LogP contribution in [0.3, 0.4) is 0 Å². The third-order valence-electron chi connectivity index (χ3n) is 4.48. The Morgan fingerprint density at radius 2 is 1.78 bits per heavy atom. The van der Waals surface area contributed by atoms with Crippen LogP contribution < -0.4 is 11.1 Å². The summed E-state index contributed by atoms with van der Waals surface area (Å²) in [7, 11) is 0. The normalized spacial score (nSPS) is 13.3. The molecule has 1 aliphatic rings. The topological polar surface area (TPSA) is 103 Å². The number of hydrogen-bond donors (Lipinski definition) is 2. The molecule has 0 radical (unpaired) electrons. The molecule has 7 nitrogen and oxygen atoms in total. The number of benzene rings is 2. The molecular formula is C20H19N5O2. The number of carbonyl (C=O) groups is 2. The summed E-state index contributed by atoms with van der Waals surface area (Å²) in [5, 5.41) is 11.2. The van der Waals surface area contributed by atoms with Crippen molar-refractivity contribution in [1.29, 1.82) is 0 Å². The number of hydrogen-bond acceptors (Lipinski definition) is 4. The van der Waals surface area contributed by atoms with E-state index >= 15 is 0 Å². The van der Waals surface area contributed by atoms with Crippen LogP contribution in [0.1, 0.15) is 40.5 Å². The van der Waals surface area contributed by atoms with E-state index in [0.717, 1.165) is 29.8 Å². The first-order chi connectivity index (χ1) is 13.1. The molecule has 7 heteroatoms. The highest BCUT2D eigenvalue weighted by atomic mass is 16.2. The number of nitrogens with two attached hydrogens (primary N) is 1. The second kappa shape index (κ2) is 7.03. The number of rotatable bonds is 6. The van der Waals surface area contributed by atoms with Gasteiger partial charge in [0.15, 0.2) is 5.69 Å². The fourth-order valence-electron chi connectivity index (χ4n) is 3.03. The summed E-state index contributed by atoms with van der Waals surface area (Å²) in [5.41, 5.74) is 8.71. The van der Waals surface area contributed by atoms with E-state index in [1.807, 2.05) is 30.3 Å². The van der Waals surface area contributed by atoms with Gasteiger partial charge in [-0.2, -0.15) is 0 Å². The Hall–Kier alpha value is -3.48. The quantitative estimate of drug-likeness (QED) is 0.704. The molecule has 1 heterocycles. The second-order valence-electron chi connectivity index (χ2n) is 6.64. The van der Waals surface area contributed by atoms with Gasteiger partial charge in [0.25, 0.3) is 5.91 Å². The van der Waals surface area contributed by atoms with Gasteiger partial charge in [0, 0.05) is 11.6 Å². The first-order valence-electron chi connectivity index (χ1n) is 8.81. The number of nitrogens with zero attached hydrogens (tertiary/aromatic N) is 3. The van der Waals surface area contributed by atoms with Gasteiger partial charge in [-0.1, -0.05) is 35.5 Å². The van der Waals surface area contributed by atoms with Crippen LogP contribution in [0.4, 0.5) is 5.69 Å². The zero-order chi connectivity index (χ0) is 18.8. The van der Waals surface area contributed by atoms with Gasteiger partial charge >= 0.3 is 0 Å². The van der Waals surface area contributed by atoms with Gasteiger partial charge in [0.05, 0.1) is 17.8 Å². The van der Waals surface area contributed by atoms with Crippen molar-refractivity contribution in [3.8, 4) is 5.69 Å². The molecule has 0 spiro atoms. The summed E-state index contributed by atoms with van der Waals surface area (Å²) in [6.07, 6.45) is 2.23. The summed E-state index contributed by atoms with van der Waals surface area (Å²) in [5.74, 6) is -0.376. The predicted molar refractivity (Wildman–Crippen MR) is 101 cm³/mol. The predicted octanol–water partition coefficient (Wildman–Crippen LogP) is 2.42. The lowest BCUT2D eigenvalue weighted by Gasteiger charge is -2.08. The van der Waals surface area contributed by atoms with Crippen LogP contribution in [0, 0.1) is 0 Å². The van der Waals surface area contributed by atoms with Gasteiger partial charge in [-0.15, -0.1) is 5.10 Å². The summed E-state index contributed by atoms with van der Waals surface area (Å²) in [6, 6.07) is 16.7. The minimum Gasteiger partial charge on any atom is -0.369 e. The molecule has 3 aromatic rings. The molecule has 0 aliphatic heterocycles. The Morgan fingerprint density at radius 3 is 2.41 bits per heavy atom. The molecule has 1 aromatic heterocycles.